The van der Waals surface area contributed by atoms with Crippen molar-refractivity contribution in [2.45, 2.75) is 48.5 Å². The van der Waals surface area contributed by atoms with Gasteiger partial charge in [0.05, 0.1) is 5.56 Å². The van der Waals surface area contributed by atoms with Crippen molar-refractivity contribution in [3.05, 3.63) is 154 Å². The predicted octanol–water partition coefficient (Wildman–Crippen LogP) is 12.7. The van der Waals surface area contributed by atoms with E-state index in [2.05, 4.69) is 125 Å². The smallest absolute Gasteiger partial charge is 0.147 e. The zero-order valence-corrected chi connectivity index (χ0v) is 32.8. The standard InChI is InChI=1S/C33H24NO2.C14H14N.Ir/c1-18-12-20(3)30-24(14-18)26-17-27-25-15-19(2)13-21(4)31(25)36-33(27)29(32(26)35-30)23-10-11-34-28(16-23)22-8-6-5-7-9-22;1-10-4-6-13(7-5-10)14-8-11(2)12(3)9-15-14;/h5-8,10-17H,1-4H3;4-6,8-9H,1-3H3;/q2*-1;. The van der Waals surface area contributed by atoms with Gasteiger partial charge in [0.25, 0.3) is 0 Å². The molecular formula is C47H38IrN2O2-2. The van der Waals surface area contributed by atoms with Crippen LogP contribution in [0.2, 0.25) is 0 Å². The maximum Gasteiger partial charge on any atom is 0.147 e. The first-order valence-corrected chi connectivity index (χ1v) is 17.3. The SMILES string of the molecule is Cc1c[c-]c(-c2cc(C)c(C)cn2)cc1.Cc1cc(C)c2oc3c(-c4ccnc(-c5[c-]cccc5)c4)c4oc5c(C)cc(C)cc5c4cc3c2c1.[Ir]. The quantitative estimate of drug-likeness (QED) is 0.166. The molecule has 4 nitrogen and oxygen atoms in total. The minimum Gasteiger partial charge on any atom is -0.455 e. The topological polar surface area (TPSA) is 52.1 Å². The van der Waals surface area contributed by atoms with E-state index >= 15 is 0 Å². The van der Waals surface area contributed by atoms with E-state index < -0.39 is 0 Å². The Morgan fingerprint density at radius 1 is 0.500 bits per heavy atom. The third-order valence-electron chi connectivity index (χ3n) is 9.71. The van der Waals surface area contributed by atoms with Gasteiger partial charge < -0.3 is 18.8 Å². The number of hydrogen-bond donors (Lipinski definition) is 0. The zero-order valence-electron chi connectivity index (χ0n) is 30.4. The number of aromatic nitrogens is 2. The van der Waals surface area contributed by atoms with Gasteiger partial charge in [-0.15, -0.1) is 71.3 Å². The van der Waals surface area contributed by atoms with E-state index in [4.69, 9.17) is 8.83 Å². The van der Waals surface area contributed by atoms with Gasteiger partial charge in [0, 0.05) is 54.0 Å². The first-order valence-electron chi connectivity index (χ1n) is 17.3. The number of benzene rings is 5. The van der Waals surface area contributed by atoms with Crippen LogP contribution in [-0.4, -0.2) is 9.97 Å². The average Bonchev–Trinajstić information content (AvgIpc) is 3.68. The zero-order chi connectivity index (χ0) is 35.4. The van der Waals surface area contributed by atoms with E-state index in [0.717, 1.165) is 88.6 Å². The van der Waals surface area contributed by atoms with Crippen molar-refractivity contribution in [3.63, 3.8) is 0 Å². The van der Waals surface area contributed by atoms with Crippen molar-refractivity contribution in [3.8, 4) is 33.6 Å². The summed E-state index contributed by atoms with van der Waals surface area (Å²) >= 11 is 0. The molecule has 4 aromatic heterocycles. The molecule has 0 spiro atoms. The van der Waals surface area contributed by atoms with E-state index in [1.165, 1.54) is 27.8 Å². The molecule has 5 aromatic carbocycles. The molecule has 0 bridgehead atoms. The third-order valence-corrected chi connectivity index (χ3v) is 9.71. The van der Waals surface area contributed by atoms with Crippen LogP contribution in [0.15, 0.2) is 112 Å². The molecule has 9 aromatic rings. The summed E-state index contributed by atoms with van der Waals surface area (Å²) in [5.41, 5.74) is 17.8. The minimum atomic E-state index is 0. The predicted molar refractivity (Wildman–Crippen MR) is 210 cm³/mol. The molecule has 0 aliphatic carbocycles. The fraction of sp³-hybridized carbons (Fsp3) is 0.149. The Kier molecular flexibility index (Phi) is 9.44. The van der Waals surface area contributed by atoms with Gasteiger partial charge in [-0.25, -0.2) is 0 Å². The van der Waals surface area contributed by atoms with Gasteiger partial charge in [-0.2, -0.15) is 0 Å². The van der Waals surface area contributed by atoms with Gasteiger partial charge >= 0.3 is 0 Å². The summed E-state index contributed by atoms with van der Waals surface area (Å²) in [6.45, 7) is 14.7. The van der Waals surface area contributed by atoms with Crippen LogP contribution in [0.5, 0.6) is 0 Å². The Hall–Kier alpha value is -5.35. The summed E-state index contributed by atoms with van der Waals surface area (Å²) in [4.78, 5) is 9.05. The Labute approximate surface area is 317 Å². The van der Waals surface area contributed by atoms with E-state index in [1.807, 2.05) is 48.8 Å². The first-order chi connectivity index (χ1) is 24.6. The van der Waals surface area contributed by atoms with Crippen LogP contribution in [-0.2, 0) is 20.1 Å². The first kappa shape index (κ1) is 35.1. The summed E-state index contributed by atoms with van der Waals surface area (Å²) in [6, 6.07) is 37.9. The monoisotopic (exact) mass is 855 g/mol. The second kappa shape index (κ2) is 14.0. The van der Waals surface area contributed by atoms with Crippen molar-refractivity contribution in [1.29, 1.82) is 0 Å². The van der Waals surface area contributed by atoms with Crippen LogP contribution in [0.3, 0.4) is 0 Å². The summed E-state index contributed by atoms with van der Waals surface area (Å²) in [5, 5.41) is 4.47. The maximum absolute atomic E-state index is 6.64. The van der Waals surface area contributed by atoms with E-state index in [0.29, 0.717) is 0 Å². The number of rotatable bonds is 3. The van der Waals surface area contributed by atoms with Crippen molar-refractivity contribution in [2.24, 2.45) is 0 Å². The molecule has 1 radical (unpaired) electrons. The molecule has 0 amide bonds. The molecule has 0 fully saturated rings. The summed E-state index contributed by atoms with van der Waals surface area (Å²) < 4.78 is 13.3. The normalized spacial score (nSPS) is 11.2. The van der Waals surface area contributed by atoms with Crippen LogP contribution < -0.4 is 0 Å². The van der Waals surface area contributed by atoms with Gasteiger partial charge in [0.2, 0.25) is 0 Å². The van der Waals surface area contributed by atoms with Crippen LogP contribution in [0.1, 0.15) is 38.9 Å². The van der Waals surface area contributed by atoms with Crippen LogP contribution in [0.4, 0.5) is 0 Å². The van der Waals surface area contributed by atoms with E-state index in [1.54, 1.807) is 0 Å². The fourth-order valence-corrected chi connectivity index (χ4v) is 7.03. The molecule has 0 aliphatic rings. The molecule has 4 heterocycles. The third kappa shape index (κ3) is 6.36. The summed E-state index contributed by atoms with van der Waals surface area (Å²) in [6.07, 6.45) is 3.77. The number of aryl methyl sites for hydroxylation is 7. The number of fused-ring (bicyclic) bond motifs is 6. The van der Waals surface area contributed by atoms with E-state index in [9.17, 15) is 0 Å². The minimum absolute atomic E-state index is 0. The molecule has 259 valence electrons. The number of nitrogens with zero attached hydrogens (tertiary/aromatic N) is 2. The van der Waals surface area contributed by atoms with Gasteiger partial charge in [-0.3, -0.25) is 0 Å². The maximum atomic E-state index is 6.64. The van der Waals surface area contributed by atoms with E-state index in [-0.39, 0.29) is 20.1 Å². The average molecular weight is 855 g/mol. The Morgan fingerprint density at radius 2 is 1.12 bits per heavy atom. The molecule has 0 saturated heterocycles. The molecule has 0 atom stereocenters. The Morgan fingerprint density at radius 3 is 1.69 bits per heavy atom. The molecule has 52 heavy (non-hydrogen) atoms. The Balaban J connectivity index is 0.000000222. The molecular weight excluding hydrogens is 817 g/mol. The summed E-state index contributed by atoms with van der Waals surface area (Å²) in [5.74, 6) is 0. The van der Waals surface area contributed by atoms with Crippen LogP contribution in [0, 0.1) is 60.6 Å². The van der Waals surface area contributed by atoms with Crippen molar-refractivity contribution >= 4 is 43.9 Å². The Bertz CT molecular complexity index is 2660. The van der Waals surface area contributed by atoms with Crippen LogP contribution in [0.25, 0.3) is 77.5 Å². The second-order valence-corrected chi connectivity index (χ2v) is 13.8. The van der Waals surface area contributed by atoms with Crippen molar-refractivity contribution in [2.75, 3.05) is 0 Å². The molecule has 0 aliphatic heterocycles. The second-order valence-electron chi connectivity index (χ2n) is 13.8. The van der Waals surface area contributed by atoms with Gasteiger partial charge in [0.1, 0.15) is 22.3 Å². The molecule has 9 rings (SSSR count). The number of hydrogen-bond acceptors (Lipinski definition) is 4. The fourth-order valence-electron chi connectivity index (χ4n) is 7.03. The molecule has 0 unspecified atom stereocenters. The molecule has 5 heteroatoms. The van der Waals surface area contributed by atoms with Crippen LogP contribution >= 0.6 is 0 Å². The van der Waals surface area contributed by atoms with Gasteiger partial charge in [0.15, 0.2) is 0 Å². The van der Waals surface area contributed by atoms with Gasteiger partial charge in [-0.1, -0.05) is 36.8 Å². The van der Waals surface area contributed by atoms with Crippen molar-refractivity contribution in [1.82, 2.24) is 9.97 Å². The van der Waals surface area contributed by atoms with Crippen molar-refractivity contribution < 1.29 is 28.9 Å². The summed E-state index contributed by atoms with van der Waals surface area (Å²) in [7, 11) is 0. The number of furan rings is 2. The number of pyridine rings is 2. The van der Waals surface area contributed by atoms with Gasteiger partial charge in [-0.05, 0) is 111 Å². The largest absolute Gasteiger partial charge is 0.455 e. The molecule has 0 saturated carbocycles. The molecule has 0 N–H and O–H groups in total.